The second kappa shape index (κ2) is 5.94. The highest BCUT2D eigenvalue weighted by Crippen LogP contribution is 2.41. The van der Waals surface area contributed by atoms with Gasteiger partial charge in [-0.25, -0.2) is 0 Å². The predicted octanol–water partition coefficient (Wildman–Crippen LogP) is 3.00. The van der Waals surface area contributed by atoms with Gasteiger partial charge in [0.15, 0.2) is 0 Å². The summed E-state index contributed by atoms with van der Waals surface area (Å²) in [6, 6.07) is 3.80. The third kappa shape index (κ3) is 2.47. The van der Waals surface area contributed by atoms with E-state index in [0.29, 0.717) is 21.9 Å². The number of anilines is 1. The van der Waals surface area contributed by atoms with Crippen LogP contribution in [0.1, 0.15) is 39.2 Å². The van der Waals surface area contributed by atoms with E-state index in [2.05, 4.69) is 9.89 Å². The Balaban J connectivity index is 1.75. The largest absolute Gasteiger partial charge is 0.507 e. The monoisotopic (exact) mass is 341 g/mol. The molecular weight excluding hydrogens is 322 g/mol. The Bertz CT molecular complexity index is 839. The van der Waals surface area contributed by atoms with Gasteiger partial charge in [-0.05, 0) is 48.8 Å². The van der Waals surface area contributed by atoms with Gasteiger partial charge >= 0.3 is 0 Å². The van der Waals surface area contributed by atoms with Gasteiger partial charge in [0.25, 0.3) is 5.91 Å². The average molecular weight is 341 g/mol. The van der Waals surface area contributed by atoms with Crippen molar-refractivity contribution < 1.29 is 9.90 Å². The first-order chi connectivity index (χ1) is 11.6. The molecule has 3 N–H and O–H groups in total. The second-order valence-electron chi connectivity index (χ2n) is 6.25. The minimum Gasteiger partial charge on any atom is -0.507 e. The molecule has 6 heteroatoms. The summed E-state index contributed by atoms with van der Waals surface area (Å²) in [6.07, 6.45) is 5.79. The molecule has 2 aliphatic heterocycles. The summed E-state index contributed by atoms with van der Waals surface area (Å²) >= 11 is 1.28. The molecule has 0 spiro atoms. The van der Waals surface area contributed by atoms with Gasteiger partial charge in [-0.15, -0.1) is 11.3 Å². The van der Waals surface area contributed by atoms with Crippen LogP contribution in [-0.2, 0) is 12.8 Å². The Morgan fingerprint density at radius 3 is 2.92 bits per heavy atom. The minimum atomic E-state index is -0.474. The molecule has 0 atom stereocenters. The van der Waals surface area contributed by atoms with Crippen molar-refractivity contribution in [2.24, 2.45) is 10.7 Å². The molecule has 0 bridgehead atoms. The van der Waals surface area contributed by atoms with Gasteiger partial charge in [0.05, 0.1) is 5.69 Å². The van der Waals surface area contributed by atoms with Crippen molar-refractivity contribution >= 4 is 34.8 Å². The number of aromatic hydroxyl groups is 1. The number of amides is 1. The fourth-order valence-corrected chi connectivity index (χ4v) is 4.39. The van der Waals surface area contributed by atoms with E-state index in [9.17, 15) is 9.90 Å². The molecule has 1 aromatic carbocycles. The number of primary amides is 1. The molecule has 0 saturated carbocycles. The third-order valence-corrected chi connectivity index (χ3v) is 5.65. The average Bonchev–Trinajstić information content (AvgIpc) is 3.05. The Labute approximate surface area is 144 Å². The molecule has 4 rings (SSSR count). The number of nitrogens with two attached hydrogens (primary N) is 1. The summed E-state index contributed by atoms with van der Waals surface area (Å²) in [5.74, 6) is -0.155. The molecule has 2 aliphatic rings. The second-order valence-corrected chi connectivity index (χ2v) is 7.17. The van der Waals surface area contributed by atoms with Crippen LogP contribution in [0.25, 0.3) is 0 Å². The van der Waals surface area contributed by atoms with Gasteiger partial charge in [-0.1, -0.05) is 0 Å². The van der Waals surface area contributed by atoms with Crippen LogP contribution >= 0.6 is 11.3 Å². The summed E-state index contributed by atoms with van der Waals surface area (Å²) in [4.78, 5) is 18.6. The molecule has 3 heterocycles. The van der Waals surface area contributed by atoms with Gasteiger partial charge in [0.2, 0.25) is 0 Å². The number of benzene rings is 1. The van der Waals surface area contributed by atoms with Crippen LogP contribution in [0.15, 0.2) is 22.5 Å². The molecule has 0 unspecified atom stereocenters. The van der Waals surface area contributed by atoms with Gasteiger partial charge in [0.1, 0.15) is 10.6 Å². The van der Waals surface area contributed by atoms with Crippen LogP contribution in [-0.4, -0.2) is 30.3 Å². The Hall–Kier alpha value is -2.34. The number of phenols is 1. The predicted molar refractivity (Wildman–Crippen MR) is 97.1 cm³/mol. The van der Waals surface area contributed by atoms with E-state index in [1.54, 1.807) is 17.7 Å². The summed E-state index contributed by atoms with van der Waals surface area (Å²) in [6.45, 7) is 2.15. The van der Waals surface area contributed by atoms with Gasteiger partial charge < -0.3 is 15.7 Å². The number of nitrogens with zero attached hydrogens (tertiary/aromatic N) is 2. The number of aryl methyl sites for hydroxylation is 1. The van der Waals surface area contributed by atoms with Gasteiger partial charge in [-0.2, -0.15) is 0 Å². The van der Waals surface area contributed by atoms with E-state index in [1.807, 2.05) is 6.07 Å². The van der Waals surface area contributed by atoms with Crippen molar-refractivity contribution in [2.75, 3.05) is 18.0 Å². The van der Waals surface area contributed by atoms with Crippen molar-refractivity contribution in [1.82, 2.24) is 0 Å². The maximum Gasteiger partial charge on any atom is 0.260 e. The number of thiophene rings is 1. The zero-order valence-corrected chi connectivity index (χ0v) is 14.1. The van der Waals surface area contributed by atoms with E-state index < -0.39 is 5.91 Å². The van der Waals surface area contributed by atoms with Crippen molar-refractivity contribution in [3.63, 3.8) is 0 Å². The Morgan fingerprint density at radius 2 is 2.12 bits per heavy atom. The number of hydrogen-bond acceptors (Lipinski definition) is 5. The van der Waals surface area contributed by atoms with Crippen LogP contribution in [0.3, 0.4) is 0 Å². The van der Waals surface area contributed by atoms with Crippen molar-refractivity contribution in [3.8, 4) is 5.75 Å². The fraction of sp³-hybridized carbons (Fsp3) is 0.333. The molecule has 1 aromatic heterocycles. The zero-order chi connectivity index (χ0) is 16.7. The summed E-state index contributed by atoms with van der Waals surface area (Å²) in [7, 11) is 0. The van der Waals surface area contributed by atoms with Crippen molar-refractivity contribution in [3.05, 3.63) is 39.1 Å². The first kappa shape index (κ1) is 15.2. The van der Waals surface area contributed by atoms with Gasteiger partial charge in [-0.3, -0.25) is 9.79 Å². The first-order valence-corrected chi connectivity index (χ1v) is 9.07. The summed E-state index contributed by atoms with van der Waals surface area (Å²) in [5, 5.41) is 12.5. The molecule has 24 heavy (non-hydrogen) atoms. The molecule has 0 aliphatic carbocycles. The third-order valence-electron chi connectivity index (χ3n) is 4.74. The summed E-state index contributed by atoms with van der Waals surface area (Å²) < 4.78 is 0. The maximum absolute atomic E-state index is 11.4. The number of rotatable bonds is 3. The SMILES string of the molecule is NC(=O)c1sccc1N=Cc1cc2c3c(c1O)CCCN3CCC2. The Morgan fingerprint density at radius 1 is 1.33 bits per heavy atom. The first-order valence-electron chi connectivity index (χ1n) is 8.19. The smallest absolute Gasteiger partial charge is 0.260 e. The quantitative estimate of drug-likeness (QED) is 0.842. The van der Waals surface area contributed by atoms with E-state index >= 15 is 0 Å². The molecule has 1 amide bonds. The molecule has 5 nitrogen and oxygen atoms in total. The highest BCUT2D eigenvalue weighted by Gasteiger charge is 2.27. The lowest BCUT2D eigenvalue weighted by molar-refractivity contribution is 0.100. The standard InChI is InChI=1S/C18H19N3O2S/c19-18(23)17-14(5-8-24-17)20-10-12-9-11-3-1-6-21-7-2-4-13(15(11)21)16(12)22/h5,8-10,22H,1-4,6-7H2,(H2,19,23). The molecule has 2 aromatic rings. The fourth-order valence-electron chi connectivity index (χ4n) is 3.69. The van der Waals surface area contributed by atoms with E-state index in [4.69, 9.17) is 5.73 Å². The van der Waals surface area contributed by atoms with E-state index in [0.717, 1.165) is 44.3 Å². The van der Waals surface area contributed by atoms with Crippen LogP contribution in [0.5, 0.6) is 5.75 Å². The van der Waals surface area contributed by atoms with Crippen LogP contribution in [0, 0.1) is 0 Å². The van der Waals surface area contributed by atoms with Crippen molar-refractivity contribution in [1.29, 1.82) is 0 Å². The minimum absolute atomic E-state index is 0.319. The molecule has 124 valence electrons. The van der Waals surface area contributed by atoms with Crippen LogP contribution in [0.2, 0.25) is 0 Å². The van der Waals surface area contributed by atoms with Crippen molar-refractivity contribution in [2.45, 2.75) is 25.7 Å². The Kier molecular flexibility index (Phi) is 3.76. The lowest BCUT2D eigenvalue weighted by atomic mass is 9.89. The molecular formula is C18H19N3O2S. The van der Waals surface area contributed by atoms with E-state index in [-0.39, 0.29) is 0 Å². The topological polar surface area (TPSA) is 78.9 Å². The molecule has 0 fully saturated rings. The number of carbonyl (C=O) groups is 1. The van der Waals surface area contributed by atoms with Crippen LogP contribution in [0.4, 0.5) is 11.4 Å². The van der Waals surface area contributed by atoms with Gasteiger partial charge in [0, 0.05) is 36.1 Å². The number of phenolic OH excluding ortho intramolecular Hbond substituents is 1. The lowest BCUT2D eigenvalue weighted by Crippen LogP contribution is -2.34. The maximum atomic E-state index is 11.4. The molecule has 0 radical (unpaired) electrons. The normalized spacial score (nSPS) is 16.4. The molecule has 0 saturated heterocycles. The number of aliphatic imine (C=N–C) groups is 1. The number of hydrogen-bond donors (Lipinski definition) is 2. The highest BCUT2D eigenvalue weighted by atomic mass is 32.1. The van der Waals surface area contributed by atoms with Crippen LogP contribution < -0.4 is 10.6 Å². The summed E-state index contributed by atoms with van der Waals surface area (Å²) in [5.41, 5.74) is 10.2. The zero-order valence-electron chi connectivity index (χ0n) is 13.3. The lowest BCUT2D eigenvalue weighted by Gasteiger charge is -2.37. The van der Waals surface area contributed by atoms with E-state index in [1.165, 1.54) is 22.6 Å². The number of carbonyl (C=O) groups excluding carboxylic acids is 1. The highest BCUT2D eigenvalue weighted by molar-refractivity contribution is 7.12.